The number of benzene rings is 1. The molecule has 0 saturated carbocycles. The van der Waals surface area contributed by atoms with Gasteiger partial charge in [0.05, 0.1) is 4.88 Å². The van der Waals surface area contributed by atoms with Gasteiger partial charge in [0.2, 0.25) is 0 Å². The summed E-state index contributed by atoms with van der Waals surface area (Å²) >= 11 is 1.52. The molecule has 108 valence electrons. The number of hydrogen-bond acceptors (Lipinski definition) is 3. The van der Waals surface area contributed by atoms with Crippen LogP contribution in [0.3, 0.4) is 0 Å². The average Bonchev–Trinajstić information content (AvgIpc) is 2.82. The van der Waals surface area contributed by atoms with Crippen molar-refractivity contribution in [2.45, 2.75) is 45.6 Å². The van der Waals surface area contributed by atoms with Crippen molar-refractivity contribution in [2.24, 2.45) is 0 Å². The zero-order valence-corrected chi connectivity index (χ0v) is 12.9. The van der Waals surface area contributed by atoms with Crippen molar-refractivity contribution in [1.29, 1.82) is 0 Å². The fourth-order valence-corrected chi connectivity index (χ4v) is 3.19. The third kappa shape index (κ3) is 3.73. The molecule has 1 aromatic carbocycles. The van der Waals surface area contributed by atoms with Crippen molar-refractivity contribution in [3.05, 3.63) is 29.1 Å². The molecule has 0 radical (unpaired) electrons. The summed E-state index contributed by atoms with van der Waals surface area (Å²) in [6.07, 6.45) is 4.64. The number of amides is 1. The molecule has 0 spiro atoms. The summed E-state index contributed by atoms with van der Waals surface area (Å²) in [5, 5.41) is 4.11. The van der Waals surface area contributed by atoms with Gasteiger partial charge in [-0.05, 0) is 43.0 Å². The van der Waals surface area contributed by atoms with Crippen molar-refractivity contribution in [1.82, 2.24) is 5.32 Å². The SMILES string of the molecule is CCCCCC(C)NC(=O)c1cc2cc(N)ccc2s1. The van der Waals surface area contributed by atoms with Crippen LogP contribution in [-0.2, 0) is 0 Å². The summed E-state index contributed by atoms with van der Waals surface area (Å²) < 4.78 is 1.10. The average molecular weight is 290 g/mol. The number of rotatable bonds is 6. The van der Waals surface area contributed by atoms with Gasteiger partial charge in [-0.1, -0.05) is 26.2 Å². The number of fused-ring (bicyclic) bond motifs is 1. The highest BCUT2D eigenvalue weighted by Gasteiger charge is 2.12. The highest BCUT2D eigenvalue weighted by Crippen LogP contribution is 2.27. The number of hydrogen-bond donors (Lipinski definition) is 2. The van der Waals surface area contributed by atoms with E-state index in [2.05, 4.69) is 19.2 Å². The molecule has 1 amide bonds. The Bertz CT molecular complexity index is 591. The fraction of sp³-hybridized carbons (Fsp3) is 0.438. The number of nitrogens with two attached hydrogens (primary N) is 1. The summed E-state index contributed by atoms with van der Waals surface area (Å²) in [4.78, 5) is 13.0. The molecule has 0 aliphatic carbocycles. The Kier molecular flexibility index (Phi) is 5.01. The Morgan fingerprint density at radius 3 is 2.90 bits per heavy atom. The van der Waals surface area contributed by atoms with Gasteiger partial charge in [-0.25, -0.2) is 0 Å². The van der Waals surface area contributed by atoms with Crippen LogP contribution < -0.4 is 11.1 Å². The molecular formula is C16H22N2OS. The first-order chi connectivity index (χ1) is 9.60. The number of nitrogen functional groups attached to an aromatic ring is 1. The summed E-state index contributed by atoms with van der Waals surface area (Å²) in [6.45, 7) is 4.25. The maximum absolute atomic E-state index is 12.2. The van der Waals surface area contributed by atoms with E-state index in [0.29, 0.717) is 0 Å². The molecule has 20 heavy (non-hydrogen) atoms. The molecule has 0 bridgehead atoms. The molecule has 3 nitrogen and oxygen atoms in total. The minimum absolute atomic E-state index is 0.0220. The van der Waals surface area contributed by atoms with Crippen LogP contribution in [0.5, 0.6) is 0 Å². The van der Waals surface area contributed by atoms with Crippen molar-refractivity contribution in [2.75, 3.05) is 5.73 Å². The van der Waals surface area contributed by atoms with Gasteiger partial charge in [-0.3, -0.25) is 4.79 Å². The minimum Gasteiger partial charge on any atom is -0.399 e. The van der Waals surface area contributed by atoms with E-state index in [4.69, 9.17) is 5.73 Å². The Morgan fingerprint density at radius 1 is 1.35 bits per heavy atom. The van der Waals surface area contributed by atoms with Crippen molar-refractivity contribution >= 4 is 33.0 Å². The summed E-state index contributed by atoms with van der Waals surface area (Å²) in [7, 11) is 0. The van der Waals surface area contributed by atoms with Crippen LogP contribution in [0.25, 0.3) is 10.1 Å². The Morgan fingerprint density at radius 2 is 2.15 bits per heavy atom. The second-order valence-electron chi connectivity index (χ2n) is 5.28. The second kappa shape index (κ2) is 6.75. The largest absolute Gasteiger partial charge is 0.399 e. The summed E-state index contributed by atoms with van der Waals surface area (Å²) in [6, 6.07) is 7.90. The lowest BCUT2D eigenvalue weighted by atomic mass is 10.1. The topological polar surface area (TPSA) is 55.1 Å². The van der Waals surface area contributed by atoms with E-state index >= 15 is 0 Å². The zero-order chi connectivity index (χ0) is 14.5. The maximum Gasteiger partial charge on any atom is 0.261 e. The lowest BCUT2D eigenvalue weighted by molar-refractivity contribution is 0.0942. The Labute approximate surface area is 124 Å². The van der Waals surface area contributed by atoms with Crippen LogP contribution in [0.15, 0.2) is 24.3 Å². The van der Waals surface area contributed by atoms with E-state index in [1.807, 2.05) is 24.3 Å². The molecule has 2 aromatic rings. The first kappa shape index (κ1) is 14.9. The first-order valence-electron chi connectivity index (χ1n) is 7.20. The van der Waals surface area contributed by atoms with Crippen molar-refractivity contribution < 1.29 is 4.79 Å². The number of anilines is 1. The second-order valence-corrected chi connectivity index (χ2v) is 6.36. The highest BCUT2D eigenvalue weighted by atomic mass is 32.1. The van der Waals surface area contributed by atoms with Gasteiger partial charge >= 0.3 is 0 Å². The van der Waals surface area contributed by atoms with Gasteiger partial charge in [0.1, 0.15) is 0 Å². The predicted molar refractivity (Wildman–Crippen MR) is 87.3 cm³/mol. The van der Waals surface area contributed by atoms with Crippen molar-refractivity contribution in [3.63, 3.8) is 0 Å². The molecule has 2 rings (SSSR count). The molecule has 0 fully saturated rings. The smallest absolute Gasteiger partial charge is 0.261 e. The number of carbonyl (C=O) groups is 1. The normalized spacial score (nSPS) is 12.5. The van der Waals surface area contributed by atoms with Crippen LogP contribution in [0, 0.1) is 0 Å². The van der Waals surface area contributed by atoms with Gasteiger partial charge in [-0.2, -0.15) is 0 Å². The van der Waals surface area contributed by atoms with Gasteiger partial charge in [0, 0.05) is 16.4 Å². The molecular weight excluding hydrogens is 268 g/mol. The van der Waals surface area contributed by atoms with E-state index in [1.54, 1.807) is 0 Å². The molecule has 1 aromatic heterocycles. The maximum atomic E-state index is 12.2. The lowest BCUT2D eigenvalue weighted by Gasteiger charge is -2.12. The number of thiophene rings is 1. The van der Waals surface area contributed by atoms with Crippen LogP contribution in [0.1, 0.15) is 49.2 Å². The molecule has 0 saturated heterocycles. The van der Waals surface area contributed by atoms with Crippen LogP contribution in [-0.4, -0.2) is 11.9 Å². The molecule has 1 atom stereocenters. The summed E-state index contributed by atoms with van der Waals surface area (Å²) in [5.74, 6) is 0.0220. The quantitative estimate of drug-likeness (QED) is 0.619. The van der Waals surface area contributed by atoms with E-state index in [9.17, 15) is 4.79 Å². The van der Waals surface area contributed by atoms with Crippen molar-refractivity contribution in [3.8, 4) is 0 Å². The van der Waals surface area contributed by atoms with Crippen LogP contribution >= 0.6 is 11.3 Å². The van der Waals surface area contributed by atoms with E-state index in [0.717, 1.165) is 27.1 Å². The molecule has 0 aliphatic heterocycles. The van der Waals surface area contributed by atoms with E-state index in [1.165, 1.54) is 30.6 Å². The lowest BCUT2D eigenvalue weighted by Crippen LogP contribution is -2.31. The van der Waals surface area contributed by atoms with Gasteiger partial charge in [-0.15, -0.1) is 11.3 Å². The minimum atomic E-state index is 0.0220. The zero-order valence-electron chi connectivity index (χ0n) is 12.1. The Hall–Kier alpha value is -1.55. The van der Waals surface area contributed by atoms with E-state index in [-0.39, 0.29) is 11.9 Å². The molecule has 4 heteroatoms. The van der Waals surface area contributed by atoms with Crippen LogP contribution in [0.2, 0.25) is 0 Å². The predicted octanol–water partition coefficient (Wildman–Crippen LogP) is 4.18. The number of unbranched alkanes of at least 4 members (excludes halogenated alkanes) is 2. The number of nitrogens with one attached hydrogen (secondary N) is 1. The van der Waals surface area contributed by atoms with Gasteiger partial charge in [0.25, 0.3) is 5.91 Å². The fourth-order valence-electron chi connectivity index (χ4n) is 2.24. The molecule has 0 aliphatic rings. The molecule has 1 unspecified atom stereocenters. The summed E-state index contributed by atoms with van der Waals surface area (Å²) in [5.41, 5.74) is 6.49. The highest BCUT2D eigenvalue weighted by molar-refractivity contribution is 7.20. The Balaban J connectivity index is 2.00. The monoisotopic (exact) mass is 290 g/mol. The third-order valence-corrected chi connectivity index (χ3v) is 4.50. The molecule has 1 heterocycles. The van der Waals surface area contributed by atoms with Gasteiger partial charge < -0.3 is 11.1 Å². The standard InChI is InChI=1S/C16H22N2OS/c1-3-4-5-6-11(2)18-16(19)15-10-12-9-13(17)7-8-14(12)20-15/h7-11H,3-6,17H2,1-2H3,(H,18,19). The van der Waals surface area contributed by atoms with E-state index < -0.39 is 0 Å². The molecule has 3 N–H and O–H groups in total. The van der Waals surface area contributed by atoms with Crippen LogP contribution in [0.4, 0.5) is 5.69 Å². The first-order valence-corrected chi connectivity index (χ1v) is 8.01. The third-order valence-electron chi connectivity index (χ3n) is 3.38. The number of carbonyl (C=O) groups excluding carboxylic acids is 1. The van der Waals surface area contributed by atoms with Gasteiger partial charge in [0.15, 0.2) is 0 Å².